The Bertz CT molecular complexity index is 637. The van der Waals surface area contributed by atoms with Crippen LogP contribution in [0.25, 0.3) is 0 Å². The predicted molar refractivity (Wildman–Crippen MR) is 74.3 cm³/mol. The van der Waals surface area contributed by atoms with Crippen molar-refractivity contribution in [2.75, 3.05) is 18.9 Å². The summed E-state index contributed by atoms with van der Waals surface area (Å²) in [5, 5.41) is 9.01. The highest BCUT2D eigenvalue weighted by molar-refractivity contribution is 7.89. The number of benzene rings is 1. The highest BCUT2D eigenvalue weighted by Gasteiger charge is 2.27. The van der Waals surface area contributed by atoms with Crippen LogP contribution in [-0.2, 0) is 14.8 Å². The largest absolute Gasteiger partial charge is 0.399 e. The molecule has 1 aromatic rings. The fourth-order valence-electron chi connectivity index (χ4n) is 2.21. The molecule has 1 aromatic carbocycles. The average Bonchev–Trinajstić information content (AvgIpc) is 2.81. The Kier molecular flexibility index (Phi) is 4.28. The number of nitriles is 1. The fourth-order valence-corrected chi connectivity index (χ4v) is 3.44. The van der Waals surface area contributed by atoms with Crippen LogP contribution in [0.15, 0.2) is 23.1 Å². The summed E-state index contributed by atoms with van der Waals surface area (Å²) in [6.45, 7) is 2.88. The van der Waals surface area contributed by atoms with Crippen molar-refractivity contribution < 1.29 is 13.2 Å². The maximum absolute atomic E-state index is 12.2. The van der Waals surface area contributed by atoms with E-state index in [4.69, 9.17) is 15.7 Å². The zero-order chi connectivity index (χ0) is 14.8. The minimum atomic E-state index is -3.71. The molecule has 1 heterocycles. The summed E-state index contributed by atoms with van der Waals surface area (Å²) in [6.07, 6.45) is 0.871. The fraction of sp³-hybridized carbons (Fsp3) is 0.462. The molecule has 1 aliphatic rings. The van der Waals surface area contributed by atoms with Gasteiger partial charge in [-0.2, -0.15) is 5.26 Å². The second-order valence-corrected chi connectivity index (χ2v) is 6.58. The van der Waals surface area contributed by atoms with E-state index in [1.54, 1.807) is 0 Å². The van der Waals surface area contributed by atoms with Crippen molar-refractivity contribution in [1.29, 1.82) is 5.26 Å². The Morgan fingerprint density at radius 2 is 2.30 bits per heavy atom. The van der Waals surface area contributed by atoms with Gasteiger partial charge in [-0.25, -0.2) is 13.1 Å². The number of ether oxygens (including phenoxy) is 1. The number of rotatable bonds is 4. The first kappa shape index (κ1) is 14.8. The van der Waals surface area contributed by atoms with Crippen LogP contribution in [-0.4, -0.2) is 27.7 Å². The molecule has 0 aliphatic carbocycles. The molecule has 20 heavy (non-hydrogen) atoms. The third-order valence-corrected chi connectivity index (χ3v) is 4.96. The van der Waals surface area contributed by atoms with Gasteiger partial charge in [0.1, 0.15) is 6.07 Å². The van der Waals surface area contributed by atoms with Gasteiger partial charge in [0, 0.05) is 24.8 Å². The molecule has 0 amide bonds. The van der Waals surface area contributed by atoms with Crippen molar-refractivity contribution in [2.24, 2.45) is 5.92 Å². The van der Waals surface area contributed by atoms with Gasteiger partial charge in [0.05, 0.1) is 16.6 Å². The van der Waals surface area contributed by atoms with Crippen molar-refractivity contribution >= 4 is 15.7 Å². The molecular weight excluding hydrogens is 278 g/mol. The lowest BCUT2D eigenvalue weighted by Crippen LogP contribution is -2.32. The molecule has 2 rings (SSSR count). The summed E-state index contributed by atoms with van der Waals surface area (Å²) in [5.41, 5.74) is 5.96. The van der Waals surface area contributed by atoms with Gasteiger partial charge in [0.2, 0.25) is 10.0 Å². The number of nitrogens with zero attached hydrogens (tertiary/aromatic N) is 1. The number of hydrogen-bond acceptors (Lipinski definition) is 5. The second kappa shape index (κ2) is 5.79. The number of hydrogen-bond donors (Lipinski definition) is 2. The van der Waals surface area contributed by atoms with Gasteiger partial charge >= 0.3 is 0 Å². The zero-order valence-corrected chi connectivity index (χ0v) is 12.0. The quantitative estimate of drug-likeness (QED) is 0.801. The third-order valence-electron chi connectivity index (χ3n) is 3.48. The van der Waals surface area contributed by atoms with Crippen LogP contribution in [0.3, 0.4) is 0 Å². The standard InChI is InChI=1S/C13H17N3O3S/c1-9-10(4-5-19-9)8-16-20(17,18)13-3-2-12(15)6-11(13)7-14/h2-3,6,9-10,16H,4-5,8,15H2,1H3. The molecule has 3 N–H and O–H groups in total. The van der Waals surface area contributed by atoms with E-state index < -0.39 is 10.0 Å². The van der Waals surface area contributed by atoms with E-state index in [2.05, 4.69) is 4.72 Å². The van der Waals surface area contributed by atoms with Crippen LogP contribution in [0, 0.1) is 17.2 Å². The summed E-state index contributed by atoms with van der Waals surface area (Å²) in [7, 11) is -3.71. The molecule has 6 nitrogen and oxygen atoms in total. The molecule has 1 fully saturated rings. The van der Waals surface area contributed by atoms with E-state index in [1.165, 1.54) is 18.2 Å². The first-order chi connectivity index (χ1) is 9.44. The first-order valence-corrected chi connectivity index (χ1v) is 7.83. The molecule has 108 valence electrons. The summed E-state index contributed by atoms with van der Waals surface area (Å²) in [5.74, 6) is 0.157. The van der Waals surface area contributed by atoms with Crippen LogP contribution in [0.4, 0.5) is 5.69 Å². The van der Waals surface area contributed by atoms with Gasteiger partial charge in [-0.15, -0.1) is 0 Å². The number of sulfonamides is 1. The minimum Gasteiger partial charge on any atom is -0.399 e. The minimum absolute atomic E-state index is 0.0410. The first-order valence-electron chi connectivity index (χ1n) is 6.35. The highest BCUT2D eigenvalue weighted by atomic mass is 32.2. The monoisotopic (exact) mass is 295 g/mol. The predicted octanol–water partition coefficient (Wildman–Crippen LogP) is 0.844. The van der Waals surface area contributed by atoms with Gasteiger partial charge in [0.25, 0.3) is 0 Å². The zero-order valence-electron chi connectivity index (χ0n) is 11.2. The van der Waals surface area contributed by atoms with Crippen LogP contribution in [0.2, 0.25) is 0 Å². The molecule has 0 saturated carbocycles. The molecular formula is C13H17N3O3S. The highest BCUT2D eigenvalue weighted by Crippen LogP contribution is 2.22. The molecule has 0 spiro atoms. The van der Waals surface area contributed by atoms with Gasteiger partial charge in [-0.1, -0.05) is 0 Å². The van der Waals surface area contributed by atoms with Gasteiger partial charge < -0.3 is 10.5 Å². The van der Waals surface area contributed by atoms with E-state index >= 15 is 0 Å². The SMILES string of the molecule is CC1OCCC1CNS(=O)(=O)c1ccc(N)cc1C#N. The Labute approximate surface area is 118 Å². The number of nitrogen functional groups attached to an aromatic ring is 1. The molecule has 0 bridgehead atoms. The maximum Gasteiger partial charge on any atom is 0.241 e. The Balaban J connectivity index is 2.16. The van der Waals surface area contributed by atoms with Gasteiger partial charge in [0.15, 0.2) is 0 Å². The molecule has 1 aliphatic heterocycles. The van der Waals surface area contributed by atoms with E-state index in [9.17, 15) is 8.42 Å². The average molecular weight is 295 g/mol. The summed E-state index contributed by atoms with van der Waals surface area (Å²) < 4.78 is 32.4. The lowest BCUT2D eigenvalue weighted by Gasteiger charge is -2.15. The summed E-state index contributed by atoms with van der Waals surface area (Å²) in [4.78, 5) is -0.0410. The van der Waals surface area contributed by atoms with Gasteiger partial charge in [-0.3, -0.25) is 0 Å². The van der Waals surface area contributed by atoms with E-state index in [-0.39, 0.29) is 22.5 Å². The topological polar surface area (TPSA) is 105 Å². The number of nitrogens with one attached hydrogen (secondary N) is 1. The van der Waals surface area contributed by atoms with Crippen LogP contribution in [0.5, 0.6) is 0 Å². The Morgan fingerprint density at radius 1 is 1.55 bits per heavy atom. The van der Waals surface area contributed by atoms with Crippen molar-refractivity contribution in [3.8, 4) is 6.07 Å². The molecule has 0 aromatic heterocycles. The molecule has 0 radical (unpaired) electrons. The van der Waals surface area contributed by atoms with Gasteiger partial charge in [-0.05, 0) is 31.5 Å². The van der Waals surface area contributed by atoms with Crippen LogP contribution >= 0.6 is 0 Å². The van der Waals surface area contributed by atoms with E-state index in [1.807, 2.05) is 13.0 Å². The molecule has 2 unspecified atom stereocenters. The Morgan fingerprint density at radius 3 is 2.90 bits per heavy atom. The van der Waals surface area contributed by atoms with Crippen molar-refractivity contribution in [1.82, 2.24) is 4.72 Å². The molecule has 2 atom stereocenters. The number of anilines is 1. The number of nitrogens with two attached hydrogens (primary N) is 1. The maximum atomic E-state index is 12.2. The van der Waals surface area contributed by atoms with Crippen LogP contribution < -0.4 is 10.5 Å². The van der Waals surface area contributed by atoms with Crippen molar-refractivity contribution in [2.45, 2.75) is 24.3 Å². The summed E-state index contributed by atoms with van der Waals surface area (Å²) >= 11 is 0. The molecule has 7 heteroatoms. The normalized spacial score (nSPS) is 22.6. The van der Waals surface area contributed by atoms with E-state index in [0.717, 1.165) is 6.42 Å². The third kappa shape index (κ3) is 3.10. The lowest BCUT2D eigenvalue weighted by atomic mass is 10.0. The summed E-state index contributed by atoms with van der Waals surface area (Å²) in [6, 6.07) is 6.03. The Hall–Kier alpha value is -1.62. The van der Waals surface area contributed by atoms with Crippen LogP contribution in [0.1, 0.15) is 18.9 Å². The van der Waals surface area contributed by atoms with E-state index in [0.29, 0.717) is 18.8 Å². The smallest absolute Gasteiger partial charge is 0.241 e. The second-order valence-electron chi connectivity index (χ2n) is 4.84. The van der Waals surface area contributed by atoms with Crippen molar-refractivity contribution in [3.63, 3.8) is 0 Å². The lowest BCUT2D eigenvalue weighted by molar-refractivity contribution is 0.107. The molecule has 1 saturated heterocycles. The van der Waals surface area contributed by atoms with Crippen molar-refractivity contribution in [3.05, 3.63) is 23.8 Å².